The van der Waals surface area contributed by atoms with Crippen molar-refractivity contribution in [3.05, 3.63) is 112 Å². The van der Waals surface area contributed by atoms with Crippen LogP contribution in [0.5, 0.6) is 0 Å². The van der Waals surface area contributed by atoms with Gasteiger partial charge in [-0.2, -0.15) is 4.79 Å². The number of hydrogen-bond acceptors (Lipinski definition) is 2. The second-order valence-corrected chi connectivity index (χ2v) is 7.33. The van der Waals surface area contributed by atoms with Crippen molar-refractivity contribution in [3.8, 4) is 0 Å². The van der Waals surface area contributed by atoms with Gasteiger partial charge in [0.15, 0.2) is 18.3 Å². The Morgan fingerprint density at radius 2 is 1.52 bits per heavy atom. The van der Waals surface area contributed by atoms with Gasteiger partial charge in [-0.05, 0) is 11.6 Å². The smallest absolute Gasteiger partial charge is 0.371 e. The molecule has 0 N–H and O–H groups in total. The van der Waals surface area contributed by atoms with Gasteiger partial charge >= 0.3 is 5.76 Å². The first-order valence-electron chi connectivity index (χ1n) is 9.12. The minimum Gasteiger partial charge on any atom is -0.371 e. The Balaban J connectivity index is 1.83. The van der Waals surface area contributed by atoms with Crippen molar-refractivity contribution in [1.82, 2.24) is 0 Å². The van der Waals surface area contributed by atoms with Crippen molar-refractivity contribution >= 4 is 11.0 Å². The van der Waals surface area contributed by atoms with Crippen LogP contribution in [0.2, 0.25) is 0 Å². The highest BCUT2D eigenvalue weighted by Gasteiger charge is 2.27. The Bertz CT molecular complexity index is 1130. The van der Waals surface area contributed by atoms with Crippen LogP contribution in [0.3, 0.4) is 0 Å². The predicted molar refractivity (Wildman–Crippen MR) is 107 cm³/mol. The van der Waals surface area contributed by atoms with Crippen LogP contribution in [0.15, 0.2) is 94.3 Å². The number of benzene rings is 3. The first-order valence-corrected chi connectivity index (χ1v) is 9.12. The van der Waals surface area contributed by atoms with Crippen molar-refractivity contribution in [2.24, 2.45) is 0 Å². The molecule has 0 unspecified atom stereocenters. The zero-order valence-corrected chi connectivity index (χ0v) is 15.6. The molecule has 3 aromatic carbocycles. The number of hydrogen-bond donors (Lipinski definition) is 0. The first-order chi connectivity index (χ1) is 13.1. The van der Waals surface area contributed by atoms with E-state index in [1.54, 1.807) is 4.57 Å². The molecule has 1 aromatic heterocycles. The van der Waals surface area contributed by atoms with Crippen LogP contribution in [0, 0.1) is 0 Å². The van der Waals surface area contributed by atoms with E-state index in [0.717, 1.165) is 16.5 Å². The molecule has 0 atom stereocenters. The normalized spacial score (nSPS) is 11.6. The maximum atomic E-state index is 12.6. The summed E-state index contributed by atoms with van der Waals surface area (Å²) in [6.07, 6.45) is 1.89. The highest BCUT2D eigenvalue weighted by atomic mass is 16.4. The summed E-state index contributed by atoms with van der Waals surface area (Å²) in [5.41, 5.74) is 3.63. The third-order valence-corrected chi connectivity index (χ3v) is 5.13. The van der Waals surface area contributed by atoms with Gasteiger partial charge < -0.3 is 4.42 Å². The van der Waals surface area contributed by atoms with E-state index in [1.165, 1.54) is 5.56 Å². The molecule has 27 heavy (non-hydrogen) atoms. The maximum Gasteiger partial charge on any atom is 0.602 e. The zero-order chi connectivity index (χ0) is 18.9. The maximum absolute atomic E-state index is 12.6. The Kier molecular flexibility index (Phi) is 4.36. The first kappa shape index (κ1) is 17.2. The summed E-state index contributed by atoms with van der Waals surface area (Å²) in [6, 6.07) is 26.3. The van der Waals surface area contributed by atoms with E-state index in [9.17, 15) is 4.79 Å². The lowest BCUT2D eigenvalue weighted by atomic mass is 9.77. The Morgan fingerprint density at radius 1 is 0.852 bits per heavy atom. The van der Waals surface area contributed by atoms with Crippen LogP contribution in [-0.4, -0.2) is 0 Å². The minimum atomic E-state index is -0.345. The molecule has 3 heteroatoms. The summed E-state index contributed by atoms with van der Waals surface area (Å²) in [5.74, 6) is -0.345. The molecule has 0 bridgehead atoms. The van der Waals surface area contributed by atoms with E-state index in [4.69, 9.17) is 4.42 Å². The Labute approximate surface area is 158 Å². The van der Waals surface area contributed by atoms with Crippen LogP contribution < -0.4 is 10.3 Å². The number of nitrogens with zero attached hydrogens (tertiary/aromatic N) is 1. The van der Waals surface area contributed by atoms with Gasteiger partial charge in [-0.15, -0.1) is 4.57 Å². The largest absolute Gasteiger partial charge is 0.602 e. The summed E-state index contributed by atoms with van der Waals surface area (Å²) in [6.45, 7) is 4.80. The van der Waals surface area contributed by atoms with E-state index < -0.39 is 0 Å². The highest BCUT2D eigenvalue weighted by molar-refractivity contribution is 5.80. The second-order valence-electron chi connectivity index (χ2n) is 7.33. The van der Waals surface area contributed by atoms with Crippen molar-refractivity contribution in [1.29, 1.82) is 0 Å². The third kappa shape index (κ3) is 3.28. The van der Waals surface area contributed by atoms with Gasteiger partial charge in [-0.1, -0.05) is 86.6 Å². The van der Waals surface area contributed by atoms with Crippen molar-refractivity contribution in [2.75, 3.05) is 0 Å². The van der Waals surface area contributed by atoms with E-state index in [1.807, 2.05) is 72.9 Å². The van der Waals surface area contributed by atoms with Crippen LogP contribution in [0.4, 0.5) is 0 Å². The van der Waals surface area contributed by atoms with Crippen LogP contribution >= 0.6 is 0 Å². The number of rotatable bonds is 4. The lowest BCUT2D eigenvalue weighted by molar-refractivity contribution is -0.712. The molecule has 0 fully saturated rings. The van der Waals surface area contributed by atoms with E-state index in [0.29, 0.717) is 12.1 Å². The van der Waals surface area contributed by atoms with Gasteiger partial charge in [0, 0.05) is 16.5 Å². The Morgan fingerprint density at radius 3 is 2.22 bits per heavy atom. The van der Waals surface area contributed by atoms with Gasteiger partial charge in [0.25, 0.3) is 0 Å². The molecule has 0 saturated heterocycles. The van der Waals surface area contributed by atoms with Crippen molar-refractivity contribution in [3.63, 3.8) is 0 Å². The molecular formula is C24H22NO2+. The lowest BCUT2D eigenvalue weighted by Crippen LogP contribution is -2.49. The SMILES string of the molecule is CC(C)(c1ccccc1)c1cccc2c[n+](Cc3ccccc3)c(=O)oc12. The molecule has 4 rings (SSSR count). The Hall–Kier alpha value is -3.20. The van der Waals surface area contributed by atoms with E-state index in [-0.39, 0.29) is 11.2 Å². The standard InChI is InChI=1S/C24H22NO2/c1-24(2,20-13-7-4-8-14-20)21-15-9-12-19-17-25(23(26)27-22(19)21)16-18-10-5-3-6-11-18/h3-15,17H,16H2,1-2H3/q+1. The molecule has 134 valence electrons. The number of fused-ring (bicyclic) bond motifs is 1. The molecular weight excluding hydrogens is 334 g/mol. The molecule has 0 aliphatic rings. The van der Waals surface area contributed by atoms with Crippen LogP contribution in [0.25, 0.3) is 11.0 Å². The summed E-state index contributed by atoms with van der Waals surface area (Å²) < 4.78 is 7.43. The molecule has 0 aliphatic carbocycles. The highest BCUT2D eigenvalue weighted by Crippen LogP contribution is 2.35. The van der Waals surface area contributed by atoms with Gasteiger partial charge in [-0.25, -0.2) is 0 Å². The fraction of sp³-hybridized carbons (Fsp3) is 0.167. The van der Waals surface area contributed by atoms with Gasteiger partial charge in [0.2, 0.25) is 0 Å². The predicted octanol–water partition coefficient (Wildman–Crippen LogP) is 4.45. The van der Waals surface area contributed by atoms with Crippen molar-refractivity contribution < 1.29 is 8.98 Å². The molecule has 3 nitrogen and oxygen atoms in total. The summed E-state index contributed by atoms with van der Waals surface area (Å²) >= 11 is 0. The third-order valence-electron chi connectivity index (χ3n) is 5.13. The van der Waals surface area contributed by atoms with Gasteiger partial charge in [0.05, 0.1) is 5.39 Å². The van der Waals surface area contributed by atoms with Crippen LogP contribution in [-0.2, 0) is 12.0 Å². The van der Waals surface area contributed by atoms with Gasteiger partial charge in [-0.3, -0.25) is 0 Å². The summed E-state index contributed by atoms with van der Waals surface area (Å²) in [7, 11) is 0. The fourth-order valence-corrected chi connectivity index (χ4v) is 3.53. The number of aromatic nitrogens is 1. The summed E-state index contributed by atoms with van der Waals surface area (Å²) in [4.78, 5) is 12.6. The van der Waals surface area contributed by atoms with Crippen LogP contribution in [0.1, 0.15) is 30.5 Å². The quantitative estimate of drug-likeness (QED) is 0.506. The second kappa shape index (κ2) is 6.84. The molecule has 0 aliphatic heterocycles. The molecule has 4 aromatic rings. The molecule has 0 saturated carbocycles. The monoisotopic (exact) mass is 356 g/mol. The zero-order valence-electron chi connectivity index (χ0n) is 15.6. The average molecular weight is 356 g/mol. The number of para-hydroxylation sites is 1. The molecule has 0 spiro atoms. The molecule has 0 amide bonds. The van der Waals surface area contributed by atoms with E-state index >= 15 is 0 Å². The molecule has 0 radical (unpaired) electrons. The van der Waals surface area contributed by atoms with E-state index in [2.05, 4.69) is 26.0 Å². The molecule has 1 heterocycles. The van der Waals surface area contributed by atoms with Gasteiger partial charge in [0.1, 0.15) is 0 Å². The average Bonchev–Trinajstić information content (AvgIpc) is 2.69. The summed E-state index contributed by atoms with van der Waals surface area (Å²) in [5, 5.41) is 0.923. The fourth-order valence-electron chi connectivity index (χ4n) is 3.53. The lowest BCUT2D eigenvalue weighted by Gasteiger charge is -2.26. The minimum absolute atomic E-state index is 0.275. The van der Waals surface area contributed by atoms with Crippen molar-refractivity contribution in [2.45, 2.75) is 25.8 Å². The topological polar surface area (TPSA) is 34.1 Å².